The molecular weight excluding hydrogens is 306 g/mol. The lowest BCUT2D eigenvalue weighted by molar-refractivity contribution is 0.0655. The van der Waals surface area contributed by atoms with Gasteiger partial charge < -0.3 is 9.84 Å². The molecule has 0 aromatic heterocycles. The predicted octanol–water partition coefficient (Wildman–Crippen LogP) is 1.62. The fraction of sp³-hybridized carbons (Fsp3) is 0.533. The zero-order chi connectivity index (χ0) is 16.0. The van der Waals surface area contributed by atoms with Gasteiger partial charge in [0.15, 0.2) is 0 Å². The molecular formula is C15H21NO5S. The molecule has 1 aliphatic heterocycles. The summed E-state index contributed by atoms with van der Waals surface area (Å²) in [6, 6.07) is 6.26. The van der Waals surface area contributed by atoms with E-state index in [4.69, 9.17) is 9.84 Å². The third-order valence-corrected chi connectivity index (χ3v) is 5.16. The number of benzene rings is 1. The van der Waals surface area contributed by atoms with Crippen LogP contribution in [0.5, 0.6) is 0 Å². The van der Waals surface area contributed by atoms with E-state index in [2.05, 4.69) is 4.72 Å². The van der Waals surface area contributed by atoms with Crippen molar-refractivity contribution >= 4 is 16.0 Å². The maximum atomic E-state index is 12.0. The number of hydrogen-bond donors (Lipinski definition) is 2. The molecule has 2 N–H and O–H groups in total. The normalized spacial score (nSPS) is 16.5. The van der Waals surface area contributed by atoms with Gasteiger partial charge in [-0.05, 0) is 42.9 Å². The van der Waals surface area contributed by atoms with Crippen LogP contribution in [0, 0.1) is 5.92 Å². The molecule has 0 unspecified atom stereocenters. The molecule has 0 atom stereocenters. The monoisotopic (exact) mass is 327 g/mol. The quantitative estimate of drug-likeness (QED) is 0.794. The molecule has 0 radical (unpaired) electrons. The number of carbonyl (C=O) groups is 1. The molecule has 1 aliphatic rings. The molecule has 6 nitrogen and oxygen atoms in total. The Bertz CT molecular complexity index is 608. The van der Waals surface area contributed by atoms with E-state index < -0.39 is 16.0 Å². The van der Waals surface area contributed by atoms with Crippen molar-refractivity contribution in [3.63, 3.8) is 0 Å². The molecule has 1 saturated heterocycles. The summed E-state index contributed by atoms with van der Waals surface area (Å²) in [5.74, 6) is -0.527. The Balaban J connectivity index is 1.83. The van der Waals surface area contributed by atoms with Crippen LogP contribution < -0.4 is 4.72 Å². The number of hydrogen-bond acceptors (Lipinski definition) is 4. The summed E-state index contributed by atoms with van der Waals surface area (Å²) in [6.07, 6.45) is 2.46. The molecule has 7 heteroatoms. The minimum atomic E-state index is -3.35. The van der Waals surface area contributed by atoms with Gasteiger partial charge in [0.2, 0.25) is 10.0 Å². The molecule has 0 aliphatic carbocycles. The second-order valence-corrected chi connectivity index (χ2v) is 7.42. The van der Waals surface area contributed by atoms with E-state index in [1.165, 1.54) is 12.1 Å². The molecule has 1 aromatic carbocycles. The van der Waals surface area contributed by atoms with Crippen LogP contribution in [-0.4, -0.2) is 38.5 Å². The average molecular weight is 327 g/mol. The fourth-order valence-corrected chi connectivity index (χ4v) is 3.61. The Morgan fingerprint density at radius 1 is 1.32 bits per heavy atom. The first-order chi connectivity index (χ1) is 10.5. The van der Waals surface area contributed by atoms with Crippen molar-refractivity contribution in [2.45, 2.75) is 25.8 Å². The Labute approximate surface area is 130 Å². The molecule has 2 rings (SSSR count). The molecule has 0 amide bonds. The Kier molecular flexibility index (Phi) is 5.93. The summed E-state index contributed by atoms with van der Waals surface area (Å²) in [7, 11) is -3.35. The molecule has 122 valence electrons. The van der Waals surface area contributed by atoms with E-state index in [9.17, 15) is 13.2 Å². The highest BCUT2D eigenvalue weighted by atomic mass is 32.2. The molecule has 0 spiro atoms. The lowest BCUT2D eigenvalue weighted by atomic mass is 9.98. The number of rotatable bonds is 7. The summed E-state index contributed by atoms with van der Waals surface area (Å²) in [6.45, 7) is 1.53. The van der Waals surface area contributed by atoms with E-state index in [0.717, 1.165) is 12.8 Å². The largest absolute Gasteiger partial charge is 0.478 e. The van der Waals surface area contributed by atoms with E-state index >= 15 is 0 Å². The predicted molar refractivity (Wildman–Crippen MR) is 82.2 cm³/mol. The molecule has 1 heterocycles. The maximum absolute atomic E-state index is 12.0. The molecule has 0 saturated carbocycles. The van der Waals surface area contributed by atoms with Crippen LogP contribution in [0.15, 0.2) is 24.3 Å². The van der Waals surface area contributed by atoms with Gasteiger partial charge in [-0.1, -0.05) is 12.1 Å². The Morgan fingerprint density at radius 2 is 2.05 bits per heavy atom. The van der Waals surface area contributed by atoms with Crippen molar-refractivity contribution < 1.29 is 23.1 Å². The first-order valence-corrected chi connectivity index (χ1v) is 8.99. The summed E-state index contributed by atoms with van der Waals surface area (Å²) >= 11 is 0. The Morgan fingerprint density at radius 3 is 2.73 bits per heavy atom. The highest BCUT2D eigenvalue weighted by Crippen LogP contribution is 2.19. The van der Waals surface area contributed by atoms with Crippen LogP contribution in [-0.2, 0) is 21.3 Å². The average Bonchev–Trinajstić information content (AvgIpc) is 2.53. The number of nitrogens with one attached hydrogen (secondary N) is 1. The van der Waals surface area contributed by atoms with Gasteiger partial charge in [-0.25, -0.2) is 17.9 Å². The zero-order valence-electron chi connectivity index (χ0n) is 12.3. The van der Waals surface area contributed by atoms with E-state index in [1.54, 1.807) is 12.1 Å². The minimum absolute atomic E-state index is 0.0935. The van der Waals surface area contributed by atoms with Crippen molar-refractivity contribution in [1.29, 1.82) is 0 Å². The van der Waals surface area contributed by atoms with E-state index in [1.807, 2.05) is 0 Å². The SMILES string of the molecule is O=C(O)c1cccc(CNS(=O)(=O)CCC2CCOCC2)c1. The second-order valence-electron chi connectivity index (χ2n) is 5.49. The minimum Gasteiger partial charge on any atom is -0.478 e. The topological polar surface area (TPSA) is 92.7 Å². The van der Waals surface area contributed by atoms with Crippen LogP contribution in [0.1, 0.15) is 35.2 Å². The summed E-state index contributed by atoms with van der Waals surface area (Å²) in [5.41, 5.74) is 0.786. The van der Waals surface area contributed by atoms with Crippen molar-refractivity contribution in [3.8, 4) is 0 Å². The Hall–Kier alpha value is -1.44. The highest BCUT2D eigenvalue weighted by molar-refractivity contribution is 7.89. The number of aromatic carboxylic acids is 1. The van der Waals surface area contributed by atoms with Crippen molar-refractivity contribution in [1.82, 2.24) is 4.72 Å². The van der Waals surface area contributed by atoms with Gasteiger partial charge in [-0.3, -0.25) is 0 Å². The summed E-state index contributed by atoms with van der Waals surface area (Å²) in [4.78, 5) is 10.9. The van der Waals surface area contributed by atoms with Crippen molar-refractivity contribution in [3.05, 3.63) is 35.4 Å². The zero-order valence-corrected chi connectivity index (χ0v) is 13.1. The smallest absolute Gasteiger partial charge is 0.335 e. The summed E-state index contributed by atoms with van der Waals surface area (Å²) in [5, 5.41) is 8.92. The van der Waals surface area contributed by atoms with Gasteiger partial charge in [0.25, 0.3) is 0 Å². The van der Waals surface area contributed by atoms with Gasteiger partial charge in [-0.15, -0.1) is 0 Å². The van der Waals surface area contributed by atoms with Crippen LogP contribution in [0.25, 0.3) is 0 Å². The van der Waals surface area contributed by atoms with Crippen molar-refractivity contribution in [2.24, 2.45) is 5.92 Å². The fourth-order valence-electron chi connectivity index (χ4n) is 2.44. The van der Waals surface area contributed by atoms with Crippen LogP contribution >= 0.6 is 0 Å². The third-order valence-electron chi connectivity index (χ3n) is 3.81. The number of carboxylic acids is 1. The number of sulfonamides is 1. The maximum Gasteiger partial charge on any atom is 0.335 e. The lowest BCUT2D eigenvalue weighted by Crippen LogP contribution is -2.28. The third kappa shape index (κ3) is 5.40. The van der Waals surface area contributed by atoms with E-state index in [-0.39, 0.29) is 17.9 Å². The van der Waals surface area contributed by atoms with Gasteiger partial charge in [0, 0.05) is 19.8 Å². The highest BCUT2D eigenvalue weighted by Gasteiger charge is 2.18. The lowest BCUT2D eigenvalue weighted by Gasteiger charge is -2.21. The number of ether oxygens (including phenoxy) is 1. The van der Waals surface area contributed by atoms with E-state index in [0.29, 0.717) is 31.1 Å². The molecule has 22 heavy (non-hydrogen) atoms. The second kappa shape index (κ2) is 7.71. The van der Waals surface area contributed by atoms with Gasteiger partial charge in [0.1, 0.15) is 0 Å². The van der Waals surface area contributed by atoms with Gasteiger partial charge >= 0.3 is 5.97 Å². The van der Waals surface area contributed by atoms with Gasteiger partial charge in [0.05, 0.1) is 11.3 Å². The molecule has 1 fully saturated rings. The first kappa shape index (κ1) is 16.9. The summed E-state index contributed by atoms with van der Waals surface area (Å²) < 4.78 is 31.8. The van der Waals surface area contributed by atoms with Gasteiger partial charge in [-0.2, -0.15) is 0 Å². The van der Waals surface area contributed by atoms with Crippen LogP contribution in [0.2, 0.25) is 0 Å². The standard InChI is InChI=1S/C15H21NO5S/c17-15(18)14-3-1-2-13(10-14)11-16-22(19,20)9-6-12-4-7-21-8-5-12/h1-3,10,12,16H,4-9,11H2,(H,17,18). The molecule has 1 aromatic rings. The van der Waals surface area contributed by atoms with Crippen LogP contribution in [0.3, 0.4) is 0 Å². The number of carboxylic acid groups (broad SMARTS) is 1. The first-order valence-electron chi connectivity index (χ1n) is 7.33. The molecule has 0 bridgehead atoms. The van der Waals surface area contributed by atoms with Crippen molar-refractivity contribution in [2.75, 3.05) is 19.0 Å². The van der Waals surface area contributed by atoms with Crippen LogP contribution in [0.4, 0.5) is 0 Å².